The number of hydrogen-bond acceptors (Lipinski definition) is 1. The standard InChI is InChI=1S/C39H27NS/c1-39(2)32-18-6-3-13-27(32)29-21-22-34-36(37(29)39)31-15-4-7-19-33(31)40(34)25-12-9-11-24(23-25)26-16-10-17-30-28-14-5-8-20-35(28)41-38(26)30/h3-23H,1-2H3. The van der Waals surface area contributed by atoms with E-state index in [1.165, 1.54) is 81.0 Å². The Labute approximate surface area is 242 Å². The van der Waals surface area contributed by atoms with Gasteiger partial charge in [0.2, 0.25) is 0 Å². The van der Waals surface area contributed by atoms with E-state index in [2.05, 4.69) is 146 Å². The minimum absolute atomic E-state index is 0.0704. The Hall–Kier alpha value is -4.66. The maximum absolute atomic E-state index is 2.47. The van der Waals surface area contributed by atoms with Crippen molar-refractivity contribution in [2.45, 2.75) is 19.3 Å². The van der Waals surface area contributed by atoms with Gasteiger partial charge in [0.1, 0.15) is 0 Å². The summed E-state index contributed by atoms with van der Waals surface area (Å²) in [5.41, 5.74) is 11.8. The number of para-hydroxylation sites is 1. The molecule has 2 heterocycles. The summed E-state index contributed by atoms with van der Waals surface area (Å²) in [6.07, 6.45) is 0. The first-order valence-corrected chi connectivity index (χ1v) is 15.1. The molecule has 0 amide bonds. The summed E-state index contributed by atoms with van der Waals surface area (Å²) in [6, 6.07) is 47.1. The Kier molecular flexibility index (Phi) is 4.61. The highest BCUT2D eigenvalue weighted by atomic mass is 32.1. The number of rotatable bonds is 2. The number of thiophene rings is 1. The fourth-order valence-electron chi connectivity index (χ4n) is 7.40. The monoisotopic (exact) mass is 541 g/mol. The SMILES string of the molecule is CC1(C)c2ccccc2-c2ccc3c(c21)c1ccccc1n3-c1cccc(-c2cccc3c2sc2ccccc23)c1. The average Bonchev–Trinajstić information content (AvgIpc) is 3.63. The number of nitrogens with zero attached hydrogens (tertiary/aromatic N) is 1. The molecule has 1 aliphatic rings. The van der Waals surface area contributed by atoms with E-state index in [-0.39, 0.29) is 5.41 Å². The Morgan fingerprint density at radius 3 is 2.22 bits per heavy atom. The molecule has 6 aromatic carbocycles. The van der Waals surface area contributed by atoms with Gasteiger partial charge in [0.15, 0.2) is 0 Å². The van der Waals surface area contributed by atoms with Gasteiger partial charge in [-0.3, -0.25) is 0 Å². The smallest absolute Gasteiger partial charge is 0.0544 e. The summed E-state index contributed by atoms with van der Waals surface area (Å²) in [5, 5.41) is 5.36. The van der Waals surface area contributed by atoms with Crippen LogP contribution in [0, 0.1) is 0 Å². The predicted octanol–water partition coefficient (Wildman–Crippen LogP) is 11.1. The number of aromatic nitrogens is 1. The molecule has 0 aliphatic heterocycles. The van der Waals surface area contributed by atoms with Crippen molar-refractivity contribution in [2.24, 2.45) is 0 Å². The van der Waals surface area contributed by atoms with Crippen LogP contribution in [0.5, 0.6) is 0 Å². The zero-order valence-corrected chi connectivity index (χ0v) is 23.8. The molecule has 0 saturated carbocycles. The second-order valence-electron chi connectivity index (χ2n) is 11.7. The van der Waals surface area contributed by atoms with Crippen molar-refractivity contribution in [3.63, 3.8) is 0 Å². The molecule has 0 spiro atoms. The van der Waals surface area contributed by atoms with Crippen LogP contribution in [0.15, 0.2) is 127 Å². The summed E-state index contributed by atoms with van der Waals surface area (Å²) in [4.78, 5) is 0. The van der Waals surface area contributed by atoms with Gasteiger partial charge in [-0.25, -0.2) is 0 Å². The van der Waals surface area contributed by atoms with Gasteiger partial charge in [0, 0.05) is 42.0 Å². The van der Waals surface area contributed by atoms with Gasteiger partial charge in [-0.05, 0) is 63.7 Å². The summed E-state index contributed by atoms with van der Waals surface area (Å²) in [7, 11) is 0. The molecular weight excluding hydrogens is 515 g/mol. The van der Waals surface area contributed by atoms with Gasteiger partial charge in [-0.2, -0.15) is 0 Å². The third-order valence-corrected chi connectivity index (χ3v) is 10.4. The third-order valence-electron chi connectivity index (χ3n) is 9.17. The molecule has 1 aliphatic carbocycles. The van der Waals surface area contributed by atoms with Crippen molar-refractivity contribution in [1.82, 2.24) is 4.57 Å². The Bertz CT molecular complexity index is 2350. The fourth-order valence-corrected chi connectivity index (χ4v) is 8.64. The van der Waals surface area contributed by atoms with E-state index in [0.717, 1.165) is 0 Å². The lowest BCUT2D eigenvalue weighted by molar-refractivity contribution is 0.666. The van der Waals surface area contributed by atoms with Gasteiger partial charge < -0.3 is 4.57 Å². The van der Waals surface area contributed by atoms with Crippen LogP contribution >= 0.6 is 11.3 Å². The van der Waals surface area contributed by atoms with E-state index in [4.69, 9.17) is 0 Å². The molecule has 0 fully saturated rings. The lowest BCUT2D eigenvalue weighted by Gasteiger charge is -2.22. The van der Waals surface area contributed by atoms with Crippen molar-refractivity contribution in [1.29, 1.82) is 0 Å². The fraction of sp³-hybridized carbons (Fsp3) is 0.0769. The van der Waals surface area contributed by atoms with E-state index in [0.29, 0.717) is 0 Å². The van der Waals surface area contributed by atoms with Gasteiger partial charge in [0.05, 0.1) is 11.0 Å². The number of hydrogen-bond donors (Lipinski definition) is 0. The highest BCUT2D eigenvalue weighted by Crippen LogP contribution is 2.53. The second-order valence-corrected chi connectivity index (χ2v) is 12.8. The third kappa shape index (κ3) is 3.06. The van der Waals surface area contributed by atoms with Crippen LogP contribution in [0.25, 0.3) is 69.9 Å². The van der Waals surface area contributed by atoms with E-state index >= 15 is 0 Å². The highest BCUT2D eigenvalue weighted by Gasteiger charge is 2.37. The van der Waals surface area contributed by atoms with Crippen molar-refractivity contribution >= 4 is 53.3 Å². The van der Waals surface area contributed by atoms with Crippen molar-refractivity contribution in [2.75, 3.05) is 0 Å². The average molecular weight is 542 g/mol. The first-order valence-electron chi connectivity index (χ1n) is 14.3. The topological polar surface area (TPSA) is 4.93 Å². The molecule has 1 nitrogen and oxygen atoms in total. The van der Waals surface area contributed by atoms with Gasteiger partial charge in [-0.15, -0.1) is 11.3 Å². The molecule has 8 aromatic rings. The summed E-state index contributed by atoms with van der Waals surface area (Å²) in [5.74, 6) is 0. The first kappa shape index (κ1) is 23.1. The van der Waals surface area contributed by atoms with Crippen LogP contribution < -0.4 is 0 Å². The van der Waals surface area contributed by atoms with Gasteiger partial charge in [0.25, 0.3) is 0 Å². The van der Waals surface area contributed by atoms with E-state index < -0.39 is 0 Å². The quantitative estimate of drug-likeness (QED) is 0.205. The molecule has 0 radical (unpaired) electrons. The van der Waals surface area contributed by atoms with Crippen LogP contribution in [-0.2, 0) is 5.41 Å². The van der Waals surface area contributed by atoms with Gasteiger partial charge >= 0.3 is 0 Å². The molecule has 0 saturated heterocycles. The molecule has 41 heavy (non-hydrogen) atoms. The molecule has 0 atom stereocenters. The number of benzene rings is 6. The minimum Gasteiger partial charge on any atom is -0.309 e. The van der Waals surface area contributed by atoms with E-state index in [1.807, 2.05) is 11.3 Å². The molecular formula is C39H27NS. The van der Waals surface area contributed by atoms with Crippen molar-refractivity contribution in [3.8, 4) is 27.9 Å². The normalized spacial score (nSPS) is 13.8. The summed E-state index contributed by atoms with van der Waals surface area (Å²) >= 11 is 1.89. The maximum Gasteiger partial charge on any atom is 0.0544 e. The Morgan fingerprint density at radius 2 is 1.29 bits per heavy atom. The minimum atomic E-state index is -0.0704. The van der Waals surface area contributed by atoms with Crippen molar-refractivity contribution < 1.29 is 0 Å². The molecule has 194 valence electrons. The zero-order chi connectivity index (χ0) is 27.3. The van der Waals surface area contributed by atoms with E-state index in [9.17, 15) is 0 Å². The van der Waals surface area contributed by atoms with Crippen molar-refractivity contribution in [3.05, 3.63) is 139 Å². The van der Waals surface area contributed by atoms with Gasteiger partial charge in [-0.1, -0.05) is 111 Å². The summed E-state index contributed by atoms with van der Waals surface area (Å²) in [6.45, 7) is 4.77. The molecule has 0 bridgehead atoms. The van der Waals surface area contributed by atoms with E-state index in [1.54, 1.807) is 0 Å². The first-order chi connectivity index (χ1) is 20.1. The molecule has 0 unspecified atom stereocenters. The lowest BCUT2D eigenvalue weighted by Crippen LogP contribution is -2.15. The zero-order valence-electron chi connectivity index (χ0n) is 23.0. The summed E-state index contributed by atoms with van der Waals surface area (Å²) < 4.78 is 5.16. The van der Waals surface area contributed by atoms with Crippen LogP contribution in [0.3, 0.4) is 0 Å². The molecule has 0 N–H and O–H groups in total. The Morgan fingerprint density at radius 1 is 0.561 bits per heavy atom. The second kappa shape index (κ2) is 8.19. The maximum atomic E-state index is 2.47. The number of fused-ring (bicyclic) bond motifs is 10. The predicted molar refractivity (Wildman–Crippen MR) is 177 cm³/mol. The lowest BCUT2D eigenvalue weighted by atomic mass is 9.80. The van der Waals surface area contributed by atoms with Crippen LogP contribution in [0.4, 0.5) is 0 Å². The Balaban J connectivity index is 1.32. The molecule has 2 heteroatoms. The van der Waals surface area contributed by atoms with Crippen LogP contribution in [0.1, 0.15) is 25.0 Å². The highest BCUT2D eigenvalue weighted by molar-refractivity contribution is 7.26. The van der Waals surface area contributed by atoms with Crippen LogP contribution in [-0.4, -0.2) is 4.57 Å². The van der Waals surface area contributed by atoms with Crippen LogP contribution in [0.2, 0.25) is 0 Å². The molecule has 2 aromatic heterocycles. The largest absolute Gasteiger partial charge is 0.309 e. The molecule has 9 rings (SSSR count).